The first-order chi connectivity index (χ1) is 10.6. The maximum absolute atomic E-state index is 12.4. The van der Waals surface area contributed by atoms with Crippen LogP contribution < -0.4 is 5.32 Å². The van der Waals surface area contributed by atoms with Crippen LogP contribution in [0.25, 0.3) is 5.95 Å². The SMILES string of the molecule is CC(C)(CO)NC(=O)c1cc(C(C)(C)C)n(-c2ncccn2)n1. The minimum atomic E-state index is -0.716. The van der Waals surface area contributed by atoms with Crippen LogP contribution in [0, 0.1) is 0 Å². The van der Waals surface area contributed by atoms with Gasteiger partial charge in [0, 0.05) is 17.8 Å². The molecule has 7 nitrogen and oxygen atoms in total. The number of amides is 1. The Morgan fingerprint density at radius 3 is 2.35 bits per heavy atom. The lowest BCUT2D eigenvalue weighted by Crippen LogP contribution is -2.46. The Morgan fingerprint density at radius 1 is 1.22 bits per heavy atom. The van der Waals surface area contributed by atoms with Crippen LogP contribution in [0.3, 0.4) is 0 Å². The molecule has 0 saturated carbocycles. The molecule has 0 spiro atoms. The van der Waals surface area contributed by atoms with Crippen molar-refractivity contribution in [1.29, 1.82) is 0 Å². The van der Waals surface area contributed by atoms with Crippen LogP contribution in [0.15, 0.2) is 24.5 Å². The highest BCUT2D eigenvalue weighted by Gasteiger charge is 2.27. The van der Waals surface area contributed by atoms with Gasteiger partial charge >= 0.3 is 0 Å². The molecule has 2 aromatic heterocycles. The largest absolute Gasteiger partial charge is 0.394 e. The van der Waals surface area contributed by atoms with E-state index in [1.165, 1.54) is 0 Å². The number of nitrogens with zero attached hydrogens (tertiary/aromatic N) is 4. The van der Waals surface area contributed by atoms with Crippen molar-refractivity contribution in [2.75, 3.05) is 6.61 Å². The number of hydrogen-bond donors (Lipinski definition) is 2. The molecule has 2 heterocycles. The van der Waals surface area contributed by atoms with E-state index in [9.17, 15) is 9.90 Å². The number of nitrogens with one attached hydrogen (secondary N) is 1. The number of aliphatic hydroxyl groups excluding tert-OH is 1. The van der Waals surface area contributed by atoms with Crippen molar-refractivity contribution < 1.29 is 9.90 Å². The first-order valence-electron chi connectivity index (χ1n) is 7.45. The molecule has 124 valence electrons. The molecule has 0 radical (unpaired) electrons. The summed E-state index contributed by atoms with van der Waals surface area (Å²) >= 11 is 0. The van der Waals surface area contributed by atoms with E-state index in [1.807, 2.05) is 20.8 Å². The second-order valence-corrected chi connectivity index (χ2v) is 7.12. The van der Waals surface area contributed by atoms with Crippen LogP contribution in [-0.4, -0.2) is 42.9 Å². The molecular formula is C16H23N5O2. The molecule has 2 rings (SSSR count). The molecule has 0 aliphatic carbocycles. The van der Waals surface area contributed by atoms with E-state index in [0.717, 1.165) is 5.69 Å². The van der Waals surface area contributed by atoms with Gasteiger partial charge in [0.2, 0.25) is 0 Å². The van der Waals surface area contributed by atoms with Gasteiger partial charge in [-0.25, -0.2) is 14.6 Å². The highest BCUT2D eigenvalue weighted by Crippen LogP contribution is 2.25. The van der Waals surface area contributed by atoms with Crippen molar-refractivity contribution in [3.05, 3.63) is 35.9 Å². The van der Waals surface area contributed by atoms with Gasteiger partial charge in [-0.1, -0.05) is 20.8 Å². The Kier molecular flexibility index (Phi) is 4.51. The van der Waals surface area contributed by atoms with E-state index < -0.39 is 5.54 Å². The van der Waals surface area contributed by atoms with Crippen molar-refractivity contribution in [3.63, 3.8) is 0 Å². The Hall–Kier alpha value is -2.28. The molecule has 7 heteroatoms. The second-order valence-electron chi connectivity index (χ2n) is 7.12. The number of carbonyl (C=O) groups excluding carboxylic acids is 1. The standard InChI is InChI=1S/C16H23N5O2/c1-15(2,3)12-9-11(13(23)19-16(4,5)10-22)20-21(12)14-17-7-6-8-18-14/h6-9,22H,10H2,1-5H3,(H,19,23). The van der Waals surface area contributed by atoms with Crippen LogP contribution in [-0.2, 0) is 5.41 Å². The van der Waals surface area contributed by atoms with E-state index in [2.05, 4.69) is 20.4 Å². The fraction of sp³-hybridized carbons (Fsp3) is 0.500. The van der Waals surface area contributed by atoms with Crippen LogP contribution in [0.4, 0.5) is 0 Å². The summed E-state index contributed by atoms with van der Waals surface area (Å²) in [5.74, 6) is 0.0714. The maximum atomic E-state index is 12.4. The number of hydrogen-bond acceptors (Lipinski definition) is 5. The Morgan fingerprint density at radius 2 is 1.83 bits per heavy atom. The predicted molar refractivity (Wildman–Crippen MR) is 86.5 cm³/mol. The molecule has 0 bridgehead atoms. The predicted octanol–water partition coefficient (Wildman–Crippen LogP) is 1.46. The molecule has 0 aromatic carbocycles. The van der Waals surface area contributed by atoms with Gasteiger partial charge in [-0.05, 0) is 26.0 Å². The zero-order chi connectivity index (χ0) is 17.3. The van der Waals surface area contributed by atoms with E-state index in [0.29, 0.717) is 5.95 Å². The number of aliphatic hydroxyl groups is 1. The summed E-state index contributed by atoms with van der Waals surface area (Å²) < 4.78 is 1.58. The monoisotopic (exact) mass is 317 g/mol. The molecule has 0 aliphatic rings. The maximum Gasteiger partial charge on any atom is 0.272 e. The van der Waals surface area contributed by atoms with Crippen LogP contribution in [0.2, 0.25) is 0 Å². The van der Waals surface area contributed by atoms with Gasteiger partial charge in [0.25, 0.3) is 11.9 Å². The molecular weight excluding hydrogens is 294 g/mol. The summed E-state index contributed by atoms with van der Waals surface area (Å²) in [7, 11) is 0. The highest BCUT2D eigenvalue weighted by molar-refractivity contribution is 5.93. The van der Waals surface area contributed by atoms with E-state index in [-0.39, 0.29) is 23.6 Å². The van der Waals surface area contributed by atoms with Gasteiger partial charge in [-0.3, -0.25) is 4.79 Å². The van der Waals surface area contributed by atoms with Crippen LogP contribution >= 0.6 is 0 Å². The molecule has 0 fully saturated rings. The van der Waals surface area contributed by atoms with Crippen molar-refractivity contribution in [3.8, 4) is 5.95 Å². The van der Waals surface area contributed by atoms with Gasteiger partial charge in [0.15, 0.2) is 5.69 Å². The molecule has 2 aromatic rings. The average Bonchev–Trinajstić information content (AvgIpc) is 2.93. The summed E-state index contributed by atoms with van der Waals surface area (Å²) in [6.07, 6.45) is 3.26. The second kappa shape index (κ2) is 6.08. The third-order valence-corrected chi connectivity index (χ3v) is 3.30. The molecule has 2 N–H and O–H groups in total. The highest BCUT2D eigenvalue weighted by atomic mass is 16.3. The Balaban J connectivity index is 2.45. The molecule has 23 heavy (non-hydrogen) atoms. The Bertz CT molecular complexity index is 686. The fourth-order valence-electron chi connectivity index (χ4n) is 1.99. The quantitative estimate of drug-likeness (QED) is 0.890. The molecule has 0 saturated heterocycles. The van der Waals surface area contributed by atoms with Gasteiger partial charge in [-0.2, -0.15) is 5.10 Å². The van der Waals surface area contributed by atoms with E-state index in [4.69, 9.17) is 0 Å². The summed E-state index contributed by atoms with van der Waals surface area (Å²) in [6.45, 7) is 9.42. The average molecular weight is 317 g/mol. The van der Waals surface area contributed by atoms with E-state index in [1.54, 1.807) is 43.1 Å². The van der Waals surface area contributed by atoms with Crippen LogP contribution in [0.1, 0.15) is 50.8 Å². The zero-order valence-corrected chi connectivity index (χ0v) is 14.2. The van der Waals surface area contributed by atoms with Crippen molar-refractivity contribution in [2.45, 2.75) is 45.6 Å². The molecule has 1 amide bonds. The topological polar surface area (TPSA) is 92.9 Å². The molecule has 0 aliphatic heterocycles. The molecule has 0 unspecified atom stereocenters. The lowest BCUT2D eigenvalue weighted by molar-refractivity contribution is 0.0864. The van der Waals surface area contributed by atoms with E-state index >= 15 is 0 Å². The Labute approximate surface area is 135 Å². The van der Waals surface area contributed by atoms with Crippen molar-refractivity contribution >= 4 is 5.91 Å². The van der Waals surface area contributed by atoms with Gasteiger partial charge in [-0.15, -0.1) is 0 Å². The summed E-state index contributed by atoms with van der Waals surface area (Å²) in [5.41, 5.74) is 0.142. The van der Waals surface area contributed by atoms with Gasteiger partial charge < -0.3 is 10.4 Å². The van der Waals surface area contributed by atoms with Crippen molar-refractivity contribution in [2.24, 2.45) is 0 Å². The summed E-state index contributed by atoms with van der Waals surface area (Å²) in [6, 6.07) is 3.46. The first-order valence-corrected chi connectivity index (χ1v) is 7.45. The lowest BCUT2D eigenvalue weighted by atomic mass is 9.92. The van der Waals surface area contributed by atoms with Gasteiger partial charge in [0.1, 0.15) is 0 Å². The number of aromatic nitrogens is 4. The van der Waals surface area contributed by atoms with Crippen molar-refractivity contribution in [1.82, 2.24) is 25.1 Å². The summed E-state index contributed by atoms with van der Waals surface area (Å²) in [5, 5.41) is 16.4. The zero-order valence-electron chi connectivity index (χ0n) is 14.2. The third-order valence-electron chi connectivity index (χ3n) is 3.30. The minimum Gasteiger partial charge on any atom is -0.394 e. The lowest BCUT2D eigenvalue weighted by Gasteiger charge is -2.22. The third kappa shape index (κ3) is 3.92. The van der Waals surface area contributed by atoms with Gasteiger partial charge in [0.05, 0.1) is 17.8 Å². The van der Waals surface area contributed by atoms with Crippen LogP contribution in [0.5, 0.6) is 0 Å². The summed E-state index contributed by atoms with van der Waals surface area (Å²) in [4.78, 5) is 20.8. The first kappa shape index (κ1) is 17.1. The molecule has 0 atom stereocenters. The smallest absolute Gasteiger partial charge is 0.272 e. The fourth-order valence-corrected chi connectivity index (χ4v) is 1.99. The number of carbonyl (C=O) groups is 1. The minimum absolute atomic E-state index is 0.159. The normalized spacial score (nSPS) is 12.3. The number of rotatable bonds is 4.